The normalized spacial score (nSPS) is 19.8. The van der Waals surface area contributed by atoms with Crippen LogP contribution in [0.5, 0.6) is 0 Å². The summed E-state index contributed by atoms with van der Waals surface area (Å²) in [5.74, 6) is 1.63. The summed E-state index contributed by atoms with van der Waals surface area (Å²) in [6, 6.07) is 3.98. The molecule has 2 heterocycles. The number of carbonyl (C=O) groups excluding carboxylic acids is 1. The summed E-state index contributed by atoms with van der Waals surface area (Å²) < 4.78 is 0. The standard InChI is InChI=1S/C13H19N3O/c1-3-14-12-7-11(4-5-15-12)9-16-8-10(2)6-13(16)17/h4-5,7,10H,3,6,8-9H2,1-2H3,(H,14,15). The van der Waals surface area contributed by atoms with Crippen LogP contribution in [0.1, 0.15) is 25.8 Å². The lowest BCUT2D eigenvalue weighted by Gasteiger charge is -2.16. The molecule has 0 aromatic carbocycles. The molecule has 0 aliphatic carbocycles. The van der Waals surface area contributed by atoms with Crippen LogP contribution >= 0.6 is 0 Å². The van der Waals surface area contributed by atoms with Gasteiger partial charge in [0.05, 0.1) is 0 Å². The van der Waals surface area contributed by atoms with Crippen LogP contribution in [0.15, 0.2) is 18.3 Å². The number of nitrogens with zero attached hydrogens (tertiary/aromatic N) is 2. The quantitative estimate of drug-likeness (QED) is 0.863. The molecular weight excluding hydrogens is 214 g/mol. The van der Waals surface area contributed by atoms with Gasteiger partial charge in [0.2, 0.25) is 5.91 Å². The molecule has 4 nitrogen and oxygen atoms in total. The van der Waals surface area contributed by atoms with Gasteiger partial charge in [0.15, 0.2) is 0 Å². The lowest BCUT2D eigenvalue weighted by molar-refractivity contribution is -0.128. The summed E-state index contributed by atoms with van der Waals surface area (Å²) in [7, 11) is 0. The largest absolute Gasteiger partial charge is 0.370 e. The summed E-state index contributed by atoms with van der Waals surface area (Å²) in [6.07, 6.45) is 2.47. The molecule has 0 bridgehead atoms. The van der Waals surface area contributed by atoms with E-state index in [1.165, 1.54) is 0 Å². The van der Waals surface area contributed by atoms with Crippen molar-refractivity contribution in [1.29, 1.82) is 0 Å². The molecule has 0 radical (unpaired) electrons. The van der Waals surface area contributed by atoms with Crippen molar-refractivity contribution in [3.05, 3.63) is 23.9 Å². The molecule has 1 atom stereocenters. The highest BCUT2D eigenvalue weighted by Gasteiger charge is 2.26. The van der Waals surface area contributed by atoms with E-state index in [2.05, 4.69) is 17.2 Å². The van der Waals surface area contributed by atoms with E-state index in [-0.39, 0.29) is 5.91 Å². The van der Waals surface area contributed by atoms with Gasteiger partial charge in [-0.1, -0.05) is 6.92 Å². The molecule has 1 aliphatic rings. The molecule has 1 aliphatic heterocycles. The Bertz CT molecular complexity index is 405. The van der Waals surface area contributed by atoms with Crippen LogP contribution in [0, 0.1) is 5.92 Å². The van der Waals surface area contributed by atoms with Gasteiger partial charge in [0.1, 0.15) is 5.82 Å². The fraction of sp³-hybridized carbons (Fsp3) is 0.538. The maximum atomic E-state index is 11.7. The molecule has 1 aromatic rings. The van der Waals surface area contributed by atoms with E-state index in [4.69, 9.17) is 0 Å². The third-order valence-corrected chi connectivity index (χ3v) is 2.96. The Kier molecular flexibility index (Phi) is 3.61. The third-order valence-electron chi connectivity index (χ3n) is 2.96. The summed E-state index contributed by atoms with van der Waals surface area (Å²) in [5.41, 5.74) is 1.14. The zero-order valence-corrected chi connectivity index (χ0v) is 10.4. The zero-order valence-electron chi connectivity index (χ0n) is 10.4. The predicted molar refractivity (Wildman–Crippen MR) is 67.6 cm³/mol. The third kappa shape index (κ3) is 2.96. The number of anilines is 1. The Labute approximate surface area is 102 Å². The molecule has 17 heavy (non-hydrogen) atoms. The highest BCUT2D eigenvalue weighted by molar-refractivity contribution is 5.78. The topological polar surface area (TPSA) is 45.2 Å². The van der Waals surface area contributed by atoms with Gasteiger partial charge < -0.3 is 10.2 Å². The lowest BCUT2D eigenvalue weighted by atomic mass is 10.2. The van der Waals surface area contributed by atoms with E-state index in [1.807, 2.05) is 24.0 Å². The molecule has 4 heteroatoms. The van der Waals surface area contributed by atoms with Gasteiger partial charge in [0.25, 0.3) is 0 Å². The maximum Gasteiger partial charge on any atom is 0.223 e. The van der Waals surface area contributed by atoms with Crippen molar-refractivity contribution in [3.8, 4) is 0 Å². The van der Waals surface area contributed by atoms with Gasteiger partial charge in [0, 0.05) is 32.3 Å². The Balaban J connectivity index is 2.03. The van der Waals surface area contributed by atoms with E-state index in [1.54, 1.807) is 6.20 Å². The first-order chi connectivity index (χ1) is 8.19. The van der Waals surface area contributed by atoms with Crippen molar-refractivity contribution < 1.29 is 4.79 Å². The van der Waals surface area contributed by atoms with E-state index in [0.717, 1.165) is 24.5 Å². The van der Waals surface area contributed by atoms with E-state index in [9.17, 15) is 4.79 Å². The number of likely N-dealkylation sites (tertiary alicyclic amines) is 1. The number of aromatic nitrogens is 1. The molecule has 1 saturated heterocycles. The molecule has 0 saturated carbocycles. The summed E-state index contributed by atoms with van der Waals surface area (Å²) in [5, 5.41) is 3.18. The lowest BCUT2D eigenvalue weighted by Crippen LogP contribution is -2.24. The second-order valence-electron chi connectivity index (χ2n) is 4.66. The molecule has 1 fully saturated rings. The predicted octanol–water partition coefficient (Wildman–Crippen LogP) is 1.88. The number of amides is 1. The average Bonchev–Trinajstić information content (AvgIpc) is 2.58. The van der Waals surface area contributed by atoms with Crippen molar-refractivity contribution in [2.24, 2.45) is 5.92 Å². The second kappa shape index (κ2) is 5.17. The maximum absolute atomic E-state index is 11.7. The summed E-state index contributed by atoms with van der Waals surface area (Å²) in [4.78, 5) is 17.8. The monoisotopic (exact) mass is 233 g/mol. The molecule has 92 valence electrons. The van der Waals surface area contributed by atoms with Crippen molar-refractivity contribution in [2.45, 2.75) is 26.8 Å². The second-order valence-corrected chi connectivity index (χ2v) is 4.66. The van der Waals surface area contributed by atoms with E-state index >= 15 is 0 Å². The van der Waals surface area contributed by atoms with Gasteiger partial charge in [-0.3, -0.25) is 4.79 Å². The van der Waals surface area contributed by atoms with Crippen LogP contribution in [0.3, 0.4) is 0 Å². The van der Waals surface area contributed by atoms with Crippen molar-refractivity contribution in [3.63, 3.8) is 0 Å². The first-order valence-corrected chi connectivity index (χ1v) is 6.15. The van der Waals surface area contributed by atoms with Crippen LogP contribution in [0.4, 0.5) is 5.82 Å². The number of carbonyl (C=O) groups is 1. The Morgan fingerprint density at radius 1 is 1.59 bits per heavy atom. The molecule has 1 aromatic heterocycles. The molecule has 0 spiro atoms. The fourth-order valence-corrected chi connectivity index (χ4v) is 2.19. The summed E-state index contributed by atoms with van der Waals surface area (Å²) in [6.45, 7) is 6.59. The van der Waals surface area contributed by atoms with Gasteiger partial charge in [-0.2, -0.15) is 0 Å². The van der Waals surface area contributed by atoms with Crippen molar-refractivity contribution in [1.82, 2.24) is 9.88 Å². The van der Waals surface area contributed by atoms with Gasteiger partial charge in [-0.15, -0.1) is 0 Å². The summed E-state index contributed by atoms with van der Waals surface area (Å²) >= 11 is 0. The first-order valence-electron chi connectivity index (χ1n) is 6.15. The average molecular weight is 233 g/mol. The van der Waals surface area contributed by atoms with Crippen molar-refractivity contribution >= 4 is 11.7 Å². The van der Waals surface area contributed by atoms with Gasteiger partial charge in [-0.05, 0) is 30.5 Å². The Morgan fingerprint density at radius 2 is 2.41 bits per heavy atom. The SMILES string of the molecule is CCNc1cc(CN2CC(C)CC2=O)ccn1. The number of nitrogens with one attached hydrogen (secondary N) is 1. The minimum absolute atomic E-state index is 0.263. The molecule has 1 N–H and O–H groups in total. The first kappa shape index (κ1) is 11.9. The molecule has 1 amide bonds. The van der Waals surface area contributed by atoms with E-state index in [0.29, 0.717) is 18.9 Å². The zero-order chi connectivity index (χ0) is 12.3. The van der Waals surface area contributed by atoms with Crippen LogP contribution in [-0.2, 0) is 11.3 Å². The minimum Gasteiger partial charge on any atom is -0.370 e. The van der Waals surface area contributed by atoms with Crippen LogP contribution in [-0.4, -0.2) is 28.9 Å². The molecule has 2 rings (SSSR count). The number of rotatable bonds is 4. The number of hydrogen-bond donors (Lipinski definition) is 1. The van der Waals surface area contributed by atoms with Crippen molar-refractivity contribution in [2.75, 3.05) is 18.4 Å². The highest BCUT2D eigenvalue weighted by atomic mass is 16.2. The van der Waals surface area contributed by atoms with Gasteiger partial charge in [-0.25, -0.2) is 4.98 Å². The number of pyridine rings is 1. The Hall–Kier alpha value is -1.58. The van der Waals surface area contributed by atoms with E-state index < -0.39 is 0 Å². The minimum atomic E-state index is 0.263. The van der Waals surface area contributed by atoms with Crippen LogP contribution in [0.25, 0.3) is 0 Å². The molecular formula is C13H19N3O. The van der Waals surface area contributed by atoms with Crippen LogP contribution < -0.4 is 5.32 Å². The smallest absolute Gasteiger partial charge is 0.223 e. The molecule has 1 unspecified atom stereocenters. The van der Waals surface area contributed by atoms with Gasteiger partial charge >= 0.3 is 0 Å². The Morgan fingerprint density at radius 3 is 3.06 bits per heavy atom. The highest BCUT2D eigenvalue weighted by Crippen LogP contribution is 2.19. The van der Waals surface area contributed by atoms with Crippen LogP contribution in [0.2, 0.25) is 0 Å². The number of hydrogen-bond acceptors (Lipinski definition) is 3. The fourth-order valence-electron chi connectivity index (χ4n) is 2.19.